The summed E-state index contributed by atoms with van der Waals surface area (Å²) in [4.78, 5) is 9.22. The van der Waals surface area contributed by atoms with Crippen LogP contribution in [0.15, 0.2) is 24.4 Å². The molecule has 1 spiro atoms. The minimum atomic E-state index is -0.752. The molecule has 0 bridgehead atoms. The minimum absolute atomic E-state index is 0.274. The number of benzene rings is 1. The smallest absolute Gasteiger partial charge is 0.163 e. The van der Waals surface area contributed by atoms with Gasteiger partial charge in [0.1, 0.15) is 5.82 Å². The number of imidazole rings is 1. The molecule has 3 heterocycles. The van der Waals surface area contributed by atoms with Gasteiger partial charge in [-0.1, -0.05) is 12.1 Å². The summed E-state index contributed by atoms with van der Waals surface area (Å²) in [5.41, 5.74) is 1.99. The summed E-state index contributed by atoms with van der Waals surface area (Å²) in [5.74, 6) is -0.408. The third-order valence-corrected chi connectivity index (χ3v) is 6.39. The van der Waals surface area contributed by atoms with Crippen LogP contribution in [0.1, 0.15) is 36.3 Å². The number of hydrogen-bond acceptors (Lipinski definition) is 3. The Hall–Kier alpha value is -1.79. The fraction of sp³-hybridized carbons (Fsp3) is 0.571. The van der Waals surface area contributed by atoms with E-state index >= 15 is 0 Å². The van der Waals surface area contributed by atoms with E-state index < -0.39 is 11.6 Å². The van der Waals surface area contributed by atoms with E-state index in [2.05, 4.69) is 26.4 Å². The van der Waals surface area contributed by atoms with Gasteiger partial charge in [-0.3, -0.25) is 9.80 Å². The second-order valence-corrected chi connectivity index (χ2v) is 8.34. The van der Waals surface area contributed by atoms with Crippen molar-refractivity contribution in [2.45, 2.75) is 39.3 Å². The van der Waals surface area contributed by atoms with Crippen molar-refractivity contribution in [3.63, 3.8) is 0 Å². The van der Waals surface area contributed by atoms with Crippen LogP contribution in [0, 0.1) is 24.0 Å². The summed E-state index contributed by atoms with van der Waals surface area (Å²) in [6, 6.07) is 4.48. The molecule has 2 aliphatic heterocycles. The number of aryl methyl sites for hydroxylation is 1. The van der Waals surface area contributed by atoms with E-state index in [9.17, 15) is 8.78 Å². The monoisotopic (exact) mass is 374 g/mol. The summed E-state index contributed by atoms with van der Waals surface area (Å²) in [5, 5.41) is 0. The van der Waals surface area contributed by atoms with Crippen molar-refractivity contribution in [2.24, 2.45) is 12.5 Å². The number of halogens is 2. The van der Waals surface area contributed by atoms with Crippen molar-refractivity contribution in [3.8, 4) is 0 Å². The predicted octanol–water partition coefficient (Wildman–Crippen LogP) is 3.49. The average molecular weight is 374 g/mol. The Morgan fingerprint density at radius 2 is 1.85 bits per heavy atom. The molecule has 146 valence electrons. The maximum absolute atomic E-state index is 14.1. The first kappa shape index (κ1) is 18.6. The topological polar surface area (TPSA) is 24.3 Å². The fourth-order valence-corrected chi connectivity index (χ4v) is 4.78. The zero-order valence-electron chi connectivity index (χ0n) is 16.2. The van der Waals surface area contributed by atoms with Crippen molar-refractivity contribution in [3.05, 3.63) is 53.1 Å². The molecule has 0 saturated carbocycles. The van der Waals surface area contributed by atoms with E-state index in [1.807, 2.05) is 13.1 Å². The first-order valence-electron chi connectivity index (χ1n) is 9.81. The molecule has 2 saturated heterocycles. The Bertz CT molecular complexity index is 819. The van der Waals surface area contributed by atoms with Crippen molar-refractivity contribution < 1.29 is 8.78 Å². The van der Waals surface area contributed by atoms with Crippen molar-refractivity contribution in [2.75, 3.05) is 26.2 Å². The van der Waals surface area contributed by atoms with E-state index in [1.54, 1.807) is 12.1 Å². The first-order chi connectivity index (χ1) is 13.0. The molecule has 2 aromatic rings. The summed E-state index contributed by atoms with van der Waals surface area (Å²) in [7, 11) is 2.07. The van der Waals surface area contributed by atoms with Gasteiger partial charge in [0.2, 0.25) is 0 Å². The lowest BCUT2D eigenvalue weighted by Gasteiger charge is -2.40. The third kappa shape index (κ3) is 3.78. The quantitative estimate of drug-likeness (QED) is 0.819. The van der Waals surface area contributed by atoms with E-state index in [-0.39, 0.29) is 5.41 Å². The largest absolute Gasteiger partial charge is 0.334 e. The Morgan fingerprint density at radius 1 is 1.07 bits per heavy atom. The molecular formula is C21H28F2N4. The summed E-state index contributed by atoms with van der Waals surface area (Å²) in [6.07, 6.45) is 5.48. The van der Waals surface area contributed by atoms with Gasteiger partial charge in [0, 0.05) is 45.0 Å². The molecule has 1 aromatic carbocycles. The van der Waals surface area contributed by atoms with E-state index in [0.717, 1.165) is 45.0 Å². The molecule has 2 aliphatic rings. The normalized spacial score (nSPS) is 24.1. The van der Waals surface area contributed by atoms with Gasteiger partial charge < -0.3 is 4.57 Å². The van der Waals surface area contributed by atoms with Gasteiger partial charge in [0.15, 0.2) is 11.6 Å². The molecule has 1 atom stereocenters. The number of nitrogens with zero attached hydrogens (tertiary/aromatic N) is 4. The van der Waals surface area contributed by atoms with E-state index in [4.69, 9.17) is 0 Å². The highest BCUT2D eigenvalue weighted by Crippen LogP contribution is 2.40. The van der Waals surface area contributed by atoms with Gasteiger partial charge in [0.25, 0.3) is 0 Å². The molecular weight excluding hydrogens is 346 g/mol. The van der Waals surface area contributed by atoms with E-state index in [0.29, 0.717) is 12.1 Å². The van der Waals surface area contributed by atoms with Gasteiger partial charge >= 0.3 is 0 Å². The number of aromatic nitrogens is 2. The summed E-state index contributed by atoms with van der Waals surface area (Å²) < 4.78 is 29.7. The highest BCUT2D eigenvalue weighted by atomic mass is 19.2. The number of piperidine rings is 1. The standard InChI is InChI=1S/C21H28F2N4/c1-16-24-11-18(25(16)2)13-27-10-8-21(15-27)7-4-9-26(14-21)12-17-5-3-6-19(22)20(17)23/h3,5-6,11H,4,7-10,12-15H2,1-2H3/t21-/m1/s1. The van der Waals surface area contributed by atoms with Crippen LogP contribution in [0.5, 0.6) is 0 Å². The van der Waals surface area contributed by atoms with Gasteiger partial charge in [-0.15, -0.1) is 0 Å². The van der Waals surface area contributed by atoms with Gasteiger partial charge in [-0.05, 0) is 50.8 Å². The molecule has 2 fully saturated rings. The summed E-state index contributed by atoms with van der Waals surface area (Å²) in [6.45, 7) is 7.53. The van der Waals surface area contributed by atoms with Crippen molar-refractivity contribution in [1.29, 1.82) is 0 Å². The average Bonchev–Trinajstić information content (AvgIpc) is 3.17. The number of hydrogen-bond donors (Lipinski definition) is 0. The summed E-state index contributed by atoms with van der Waals surface area (Å²) >= 11 is 0. The first-order valence-corrected chi connectivity index (χ1v) is 9.81. The molecule has 4 rings (SSSR count). The fourth-order valence-electron chi connectivity index (χ4n) is 4.78. The lowest BCUT2D eigenvalue weighted by atomic mass is 9.79. The van der Waals surface area contributed by atoms with Crippen LogP contribution in [-0.4, -0.2) is 45.5 Å². The maximum Gasteiger partial charge on any atom is 0.163 e. The highest BCUT2D eigenvalue weighted by molar-refractivity contribution is 5.19. The molecule has 0 amide bonds. The van der Waals surface area contributed by atoms with Gasteiger partial charge in [-0.25, -0.2) is 13.8 Å². The zero-order valence-corrected chi connectivity index (χ0v) is 16.2. The Labute approximate surface area is 159 Å². The van der Waals surface area contributed by atoms with Crippen LogP contribution >= 0.6 is 0 Å². The third-order valence-electron chi connectivity index (χ3n) is 6.39. The van der Waals surface area contributed by atoms with Crippen LogP contribution in [0.4, 0.5) is 8.78 Å². The SMILES string of the molecule is Cc1ncc(CN2CC[C@@]3(CCCN(Cc4cccc(F)c4F)C3)C2)n1C. The van der Waals surface area contributed by atoms with Gasteiger partial charge in [0.05, 0.1) is 5.69 Å². The molecule has 6 heteroatoms. The van der Waals surface area contributed by atoms with Crippen LogP contribution in [0.3, 0.4) is 0 Å². The molecule has 0 N–H and O–H groups in total. The number of likely N-dealkylation sites (tertiary alicyclic amines) is 2. The molecule has 0 aliphatic carbocycles. The van der Waals surface area contributed by atoms with Crippen LogP contribution in [-0.2, 0) is 20.1 Å². The predicted molar refractivity (Wildman–Crippen MR) is 101 cm³/mol. The Kier molecular flexibility index (Phi) is 5.03. The van der Waals surface area contributed by atoms with Crippen LogP contribution in [0.25, 0.3) is 0 Å². The van der Waals surface area contributed by atoms with Crippen LogP contribution < -0.4 is 0 Å². The molecule has 4 nitrogen and oxygen atoms in total. The number of rotatable bonds is 4. The molecule has 1 aromatic heterocycles. The maximum atomic E-state index is 14.1. The second kappa shape index (κ2) is 7.32. The van der Waals surface area contributed by atoms with Crippen LogP contribution in [0.2, 0.25) is 0 Å². The Balaban J connectivity index is 1.40. The van der Waals surface area contributed by atoms with Crippen molar-refractivity contribution in [1.82, 2.24) is 19.4 Å². The van der Waals surface area contributed by atoms with E-state index in [1.165, 1.54) is 24.6 Å². The Morgan fingerprint density at radius 3 is 2.59 bits per heavy atom. The molecule has 0 radical (unpaired) electrons. The highest BCUT2D eigenvalue weighted by Gasteiger charge is 2.41. The van der Waals surface area contributed by atoms with Crippen molar-refractivity contribution >= 4 is 0 Å². The molecule has 0 unspecified atom stereocenters. The lowest BCUT2D eigenvalue weighted by Crippen LogP contribution is -2.44. The van der Waals surface area contributed by atoms with Gasteiger partial charge in [-0.2, -0.15) is 0 Å². The molecule has 27 heavy (non-hydrogen) atoms. The zero-order chi connectivity index (χ0) is 19.0. The second-order valence-electron chi connectivity index (χ2n) is 8.34. The minimum Gasteiger partial charge on any atom is -0.334 e. The lowest BCUT2D eigenvalue weighted by molar-refractivity contribution is 0.0854.